The van der Waals surface area contributed by atoms with E-state index in [0.717, 1.165) is 60.2 Å². The molecule has 0 aromatic carbocycles. The third kappa shape index (κ3) is 16.3. The molecule has 0 bridgehead atoms. The lowest BCUT2D eigenvalue weighted by atomic mass is 9.84. The average Bonchev–Trinajstić information content (AvgIpc) is 3.62. The van der Waals surface area contributed by atoms with Crippen LogP contribution < -0.4 is 0 Å². The fourth-order valence-corrected chi connectivity index (χ4v) is 8.93. The zero-order chi connectivity index (χ0) is 30.7. The lowest BCUT2D eigenvalue weighted by Crippen LogP contribution is -2.10. The highest BCUT2D eigenvalue weighted by atomic mass is 16.3. The monoisotopic (exact) mass is 591 g/mol. The molecule has 0 amide bonds. The van der Waals surface area contributed by atoms with Crippen LogP contribution in [0.5, 0.6) is 0 Å². The van der Waals surface area contributed by atoms with Crippen LogP contribution in [0.25, 0.3) is 0 Å². The van der Waals surface area contributed by atoms with Crippen molar-refractivity contribution in [2.24, 2.45) is 59.2 Å². The quantitative estimate of drug-likeness (QED) is 0.111. The number of rotatable bonds is 25. The first kappa shape index (κ1) is 38.1. The lowest BCUT2D eigenvalue weighted by Gasteiger charge is -2.22. The van der Waals surface area contributed by atoms with Crippen molar-refractivity contribution >= 4 is 0 Å². The zero-order valence-electron chi connectivity index (χ0n) is 29.6. The molecule has 0 heterocycles. The van der Waals surface area contributed by atoms with E-state index in [4.69, 9.17) is 10.2 Å². The van der Waals surface area contributed by atoms with Crippen molar-refractivity contribution in [2.75, 3.05) is 13.2 Å². The number of aliphatic hydroxyl groups is 2. The van der Waals surface area contributed by atoms with Gasteiger partial charge in [-0.3, -0.25) is 0 Å². The first-order valence-corrected chi connectivity index (χ1v) is 19.4. The maximum Gasteiger partial charge on any atom is 0.0433 e. The van der Waals surface area contributed by atoms with Crippen molar-refractivity contribution in [1.82, 2.24) is 0 Å². The van der Waals surface area contributed by atoms with E-state index in [2.05, 4.69) is 41.5 Å². The molecule has 10 atom stereocenters. The van der Waals surface area contributed by atoms with E-state index >= 15 is 0 Å². The van der Waals surface area contributed by atoms with Gasteiger partial charge in [-0.2, -0.15) is 0 Å². The summed E-state index contributed by atoms with van der Waals surface area (Å²) in [4.78, 5) is 0. The molecule has 0 aromatic rings. The Bertz CT molecular complexity index is 579. The summed E-state index contributed by atoms with van der Waals surface area (Å²) in [5.74, 6) is 8.99. The van der Waals surface area contributed by atoms with Gasteiger partial charge in [0.1, 0.15) is 0 Å². The Labute approximate surface area is 265 Å². The Balaban J connectivity index is 1.46. The SMILES string of the molecule is C[C@H](CCO)CCC[C@H]1CC[C@@H]([C@H](C)CCC[C@H](C)CC[C@H](C)CCC[C@@H](C)[C@H]2CC[C@@H](CCC[C@H](C)CCO)C2)C1. The van der Waals surface area contributed by atoms with Crippen LogP contribution in [-0.2, 0) is 0 Å². The van der Waals surface area contributed by atoms with Gasteiger partial charge in [-0.05, 0) is 97.7 Å². The highest BCUT2D eigenvalue weighted by Crippen LogP contribution is 2.41. The maximum atomic E-state index is 9.12. The Morgan fingerprint density at radius 2 is 0.786 bits per heavy atom. The maximum absolute atomic E-state index is 9.12. The largest absolute Gasteiger partial charge is 0.396 e. The van der Waals surface area contributed by atoms with Crippen molar-refractivity contribution in [3.63, 3.8) is 0 Å². The van der Waals surface area contributed by atoms with Crippen LogP contribution in [-0.4, -0.2) is 23.4 Å². The third-order valence-corrected chi connectivity index (χ3v) is 12.5. The first-order valence-electron chi connectivity index (χ1n) is 19.4. The summed E-state index contributed by atoms with van der Waals surface area (Å²) in [5.41, 5.74) is 0. The van der Waals surface area contributed by atoms with Gasteiger partial charge in [0.2, 0.25) is 0 Å². The minimum atomic E-state index is 0.358. The molecule has 2 aliphatic rings. The molecule has 0 radical (unpaired) electrons. The normalized spacial score (nSPS) is 27.1. The Morgan fingerprint density at radius 1 is 0.429 bits per heavy atom. The highest BCUT2D eigenvalue weighted by molar-refractivity contribution is 4.81. The van der Waals surface area contributed by atoms with E-state index in [0.29, 0.717) is 25.0 Å². The summed E-state index contributed by atoms with van der Waals surface area (Å²) in [6, 6.07) is 0. The van der Waals surface area contributed by atoms with Gasteiger partial charge in [-0.15, -0.1) is 0 Å². The van der Waals surface area contributed by atoms with E-state index in [1.807, 2.05) is 0 Å². The molecule has 2 aliphatic carbocycles. The predicted molar refractivity (Wildman–Crippen MR) is 185 cm³/mol. The van der Waals surface area contributed by atoms with Gasteiger partial charge in [0.25, 0.3) is 0 Å². The van der Waals surface area contributed by atoms with Crippen molar-refractivity contribution < 1.29 is 10.2 Å². The third-order valence-electron chi connectivity index (χ3n) is 12.5. The molecule has 0 spiro atoms. The molecule has 42 heavy (non-hydrogen) atoms. The second kappa shape index (κ2) is 22.4. The molecule has 250 valence electrons. The molecular formula is C40H78O2. The van der Waals surface area contributed by atoms with E-state index in [1.165, 1.54) is 128 Å². The van der Waals surface area contributed by atoms with Crippen LogP contribution in [0.1, 0.15) is 183 Å². The van der Waals surface area contributed by atoms with E-state index < -0.39 is 0 Å². The second-order valence-corrected chi connectivity index (χ2v) is 16.6. The predicted octanol–water partition coefficient (Wildman–Crippen LogP) is 11.9. The van der Waals surface area contributed by atoms with Crippen LogP contribution in [0.4, 0.5) is 0 Å². The van der Waals surface area contributed by atoms with Crippen LogP contribution >= 0.6 is 0 Å². The molecule has 2 saturated carbocycles. The van der Waals surface area contributed by atoms with Crippen LogP contribution in [0.2, 0.25) is 0 Å². The topological polar surface area (TPSA) is 40.5 Å². The van der Waals surface area contributed by atoms with Crippen molar-refractivity contribution in [3.8, 4) is 0 Å². The second-order valence-electron chi connectivity index (χ2n) is 16.6. The highest BCUT2D eigenvalue weighted by Gasteiger charge is 2.29. The summed E-state index contributed by atoms with van der Waals surface area (Å²) in [6.07, 6.45) is 30.6. The summed E-state index contributed by atoms with van der Waals surface area (Å²) in [7, 11) is 0. The smallest absolute Gasteiger partial charge is 0.0433 e. The Morgan fingerprint density at radius 3 is 1.17 bits per heavy atom. The van der Waals surface area contributed by atoms with Crippen LogP contribution in [0.3, 0.4) is 0 Å². The standard InChI is InChI=1S/C40H78O2/c1-31(11-7-15-35(5)39-23-21-37(29-39)17-9-13-33(3)25-27-41)19-20-32(2)12-8-16-36(6)40-24-22-38(30-40)18-10-14-34(4)26-28-42/h31-42H,7-30H2,1-6H3/t31-,32+,33-,34-,35+,36+,37-,38+,39+,40-/m0/s1. The molecule has 0 saturated heterocycles. The van der Waals surface area contributed by atoms with E-state index in [-0.39, 0.29) is 0 Å². The number of hydrogen-bond donors (Lipinski definition) is 2. The number of hydrogen-bond acceptors (Lipinski definition) is 2. The van der Waals surface area contributed by atoms with Crippen molar-refractivity contribution in [2.45, 2.75) is 183 Å². The van der Waals surface area contributed by atoms with Gasteiger partial charge >= 0.3 is 0 Å². The molecule has 0 unspecified atom stereocenters. The van der Waals surface area contributed by atoms with E-state index in [1.54, 1.807) is 0 Å². The Kier molecular flexibility index (Phi) is 20.3. The number of aliphatic hydroxyl groups excluding tert-OH is 2. The molecular weight excluding hydrogens is 512 g/mol. The van der Waals surface area contributed by atoms with Crippen LogP contribution in [0, 0.1) is 59.2 Å². The summed E-state index contributed by atoms with van der Waals surface area (Å²) in [5, 5.41) is 18.2. The minimum absolute atomic E-state index is 0.358. The minimum Gasteiger partial charge on any atom is -0.396 e. The Hall–Kier alpha value is -0.0800. The molecule has 0 aliphatic heterocycles. The summed E-state index contributed by atoms with van der Waals surface area (Å²) in [6.45, 7) is 15.5. The summed E-state index contributed by atoms with van der Waals surface area (Å²) < 4.78 is 0. The molecule has 2 nitrogen and oxygen atoms in total. The lowest BCUT2D eigenvalue weighted by molar-refractivity contribution is 0.254. The average molecular weight is 591 g/mol. The van der Waals surface area contributed by atoms with Gasteiger partial charge in [0, 0.05) is 13.2 Å². The van der Waals surface area contributed by atoms with Gasteiger partial charge in [-0.25, -0.2) is 0 Å². The molecule has 2 fully saturated rings. The summed E-state index contributed by atoms with van der Waals surface area (Å²) >= 11 is 0. The van der Waals surface area contributed by atoms with Gasteiger partial charge in [-0.1, -0.05) is 144 Å². The van der Waals surface area contributed by atoms with E-state index in [9.17, 15) is 0 Å². The molecule has 2 heteroatoms. The zero-order valence-corrected chi connectivity index (χ0v) is 29.6. The molecule has 2 rings (SSSR count). The molecule has 0 aromatic heterocycles. The van der Waals surface area contributed by atoms with Gasteiger partial charge < -0.3 is 10.2 Å². The van der Waals surface area contributed by atoms with Gasteiger partial charge in [0.05, 0.1) is 0 Å². The van der Waals surface area contributed by atoms with Gasteiger partial charge in [0.15, 0.2) is 0 Å². The van der Waals surface area contributed by atoms with Crippen LogP contribution in [0.15, 0.2) is 0 Å². The van der Waals surface area contributed by atoms with Crippen molar-refractivity contribution in [1.29, 1.82) is 0 Å². The fraction of sp³-hybridized carbons (Fsp3) is 1.00. The first-order chi connectivity index (χ1) is 20.2. The fourth-order valence-electron chi connectivity index (χ4n) is 8.93. The molecule has 2 N–H and O–H groups in total. The van der Waals surface area contributed by atoms with Crippen molar-refractivity contribution in [3.05, 3.63) is 0 Å².